The van der Waals surface area contributed by atoms with E-state index in [1.54, 1.807) is 0 Å². The first kappa shape index (κ1) is 69.0. The van der Waals surface area contributed by atoms with Gasteiger partial charge in [-0.2, -0.15) is 0 Å². The number of hydrogen-bond acceptors (Lipinski definition) is 24. The Labute approximate surface area is 459 Å². The van der Waals surface area contributed by atoms with Gasteiger partial charge in [-0.15, -0.1) is 126 Å². The lowest BCUT2D eigenvalue weighted by molar-refractivity contribution is 0.0760. The van der Waals surface area contributed by atoms with Crippen LogP contribution in [0.4, 0.5) is 0 Å². The molecule has 32 heteroatoms. The molecule has 0 heterocycles. The van der Waals surface area contributed by atoms with Gasteiger partial charge in [0.2, 0.25) is 0 Å². The quantitative estimate of drug-likeness (QED) is 0.0169. The van der Waals surface area contributed by atoms with Crippen molar-refractivity contribution in [2.24, 2.45) is 0 Å². The summed E-state index contributed by atoms with van der Waals surface area (Å²) in [5, 5.41) is 1.17. The second kappa shape index (κ2) is 32.7. The zero-order chi connectivity index (χ0) is 49.7. The third kappa shape index (κ3) is 15.8. The van der Waals surface area contributed by atoms with E-state index >= 15 is 0 Å². The second-order valence-electron chi connectivity index (χ2n) is 13.7. The standard InChI is InChI=1S/C33H82O12S16Si4/c1-13-34-62(35-14-2,36-15-3)28-58(50,54-46)32(59(51,55-47)29-63(37-16-4,38-17-5)39-18-6)26-25-27-33(32,60(52,56-48)30-64(40-19-7,41-20-8)42-21-9)61(53,57-49)31-65(43-22-10,44-23-11)45-24-12/h46-53H,13-31H2,1-12H3. The Morgan fingerprint density at radius 1 is 0.323 bits per heavy atom. The zero-order valence-corrected chi connectivity index (χ0v) is 57.9. The highest BCUT2D eigenvalue weighted by molar-refractivity contribution is 9.44. The summed E-state index contributed by atoms with van der Waals surface area (Å²) in [4.78, 5) is 0. The first-order valence-electron chi connectivity index (χ1n) is 21.9. The molecule has 0 amide bonds. The van der Waals surface area contributed by atoms with Gasteiger partial charge in [-0.3, -0.25) is 0 Å². The van der Waals surface area contributed by atoms with E-state index in [1.807, 2.05) is 83.1 Å². The molecular formula is C33H82O12S16Si4. The zero-order valence-electron chi connectivity index (χ0n) is 40.2. The Morgan fingerprint density at radius 3 is 0.569 bits per heavy atom. The molecule has 0 aromatic heterocycles. The minimum Gasteiger partial charge on any atom is -0.373 e. The fourth-order valence-corrected chi connectivity index (χ4v) is 92.7. The third-order valence-electron chi connectivity index (χ3n) is 10.0. The van der Waals surface area contributed by atoms with Gasteiger partial charge in [0.1, 0.15) is 0 Å². The average molecular weight is 1300 g/mol. The van der Waals surface area contributed by atoms with Crippen LogP contribution in [0, 0.1) is 0 Å². The van der Waals surface area contributed by atoms with E-state index < -0.39 is 75.7 Å². The summed E-state index contributed by atoms with van der Waals surface area (Å²) in [7, 11) is -19.4. The molecule has 0 radical (unpaired) electrons. The van der Waals surface area contributed by atoms with E-state index in [0.717, 1.165) is 0 Å². The first-order chi connectivity index (χ1) is 30.8. The van der Waals surface area contributed by atoms with Crippen molar-refractivity contribution in [2.45, 2.75) is 111 Å². The predicted molar refractivity (Wildman–Crippen MR) is 334 cm³/mol. The van der Waals surface area contributed by atoms with Gasteiger partial charge in [-0.1, -0.05) is 0 Å². The minimum absolute atomic E-state index is 0.293. The van der Waals surface area contributed by atoms with E-state index in [2.05, 4.69) is 0 Å². The monoisotopic (exact) mass is 1290 g/mol. The minimum atomic E-state index is -3.59. The fraction of sp³-hybridized carbons (Fsp3) is 1.00. The highest BCUT2D eigenvalue weighted by Crippen LogP contribution is 3.06. The number of rotatable bonds is 40. The maximum absolute atomic E-state index is 6.76. The molecule has 12 nitrogen and oxygen atoms in total. The molecule has 398 valence electrons. The maximum Gasteiger partial charge on any atom is 0.511 e. The van der Waals surface area contributed by atoms with Gasteiger partial charge in [0.25, 0.3) is 0 Å². The van der Waals surface area contributed by atoms with Crippen molar-refractivity contribution in [1.29, 1.82) is 0 Å². The normalized spacial score (nSPS) is 24.7. The van der Waals surface area contributed by atoms with Gasteiger partial charge in [-0.25, -0.2) is 0 Å². The van der Waals surface area contributed by atoms with Gasteiger partial charge in [0.15, 0.2) is 0 Å². The highest BCUT2D eigenvalue weighted by atomic mass is 33.8. The molecule has 0 spiro atoms. The number of thiol groups is 8. The molecule has 0 aromatic rings. The van der Waals surface area contributed by atoms with Gasteiger partial charge in [0.05, 0.1) is 29.7 Å². The van der Waals surface area contributed by atoms with Crippen molar-refractivity contribution in [3.8, 4) is 0 Å². The highest BCUT2D eigenvalue weighted by Gasteiger charge is 2.82. The van der Waals surface area contributed by atoms with Crippen LogP contribution in [0.3, 0.4) is 0 Å². The van der Waals surface area contributed by atoms with Gasteiger partial charge >= 0.3 is 35.2 Å². The van der Waals surface area contributed by atoms with Crippen LogP contribution in [0.25, 0.3) is 0 Å². The topological polar surface area (TPSA) is 111 Å². The Balaban J connectivity index is 5.32. The summed E-state index contributed by atoms with van der Waals surface area (Å²) in [6.07, 6.45) is 1.88. The van der Waals surface area contributed by atoms with Gasteiger partial charge in [0, 0.05) is 79.3 Å². The van der Waals surface area contributed by atoms with Crippen molar-refractivity contribution < 1.29 is 53.1 Å². The van der Waals surface area contributed by atoms with E-state index in [9.17, 15) is 0 Å². The second-order valence-corrected chi connectivity index (χ2v) is 60.7. The molecular weight excluding hydrogens is 1210 g/mol. The molecule has 65 heavy (non-hydrogen) atoms. The molecule has 1 rings (SSSR count). The predicted octanol–water partition coefficient (Wildman–Crippen LogP) is 13.5. The first-order valence-corrected chi connectivity index (χ1v) is 50.6. The number of hydrogen-bond donors (Lipinski definition) is 8. The summed E-state index contributed by atoms with van der Waals surface area (Å²) in [6.45, 7) is 27.9. The molecule has 1 saturated carbocycles. The van der Waals surface area contributed by atoms with Crippen molar-refractivity contribution in [3.05, 3.63) is 0 Å². The van der Waals surface area contributed by atoms with E-state index in [4.69, 9.17) is 146 Å². The SMILES string of the molecule is CCO[Si](CS(S)(SS)C1(S(S)(C[Si](OCC)(OCC)OCC)SS)CCCC1(S(S)(C[Si](OCC)(OCC)OCC)SS)S(S)(C[Si](OCC)(OCC)OCC)SS)(OCC)OCC. The molecule has 1 aliphatic carbocycles. The summed E-state index contributed by atoms with van der Waals surface area (Å²) in [5.74, 6) is 0. The van der Waals surface area contributed by atoms with Gasteiger partial charge < -0.3 is 53.1 Å². The largest absolute Gasteiger partial charge is 0.511 e. The maximum atomic E-state index is 6.76. The lowest BCUT2D eigenvalue weighted by Crippen LogP contribution is -2.64. The fourth-order valence-electron chi connectivity index (χ4n) is 8.36. The molecule has 4 atom stereocenters. The third-order valence-corrected chi connectivity index (χ3v) is 79.7. The molecule has 1 aliphatic rings. The van der Waals surface area contributed by atoms with Crippen LogP contribution in [0.5, 0.6) is 0 Å². The van der Waals surface area contributed by atoms with Crippen LogP contribution in [0.1, 0.15) is 102 Å². The Kier molecular flexibility index (Phi) is 34.7. The Bertz CT molecular complexity index is 1100. The van der Waals surface area contributed by atoms with Crippen LogP contribution in [0.2, 0.25) is 0 Å². The van der Waals surface area contributed by atoms with Crippen molar-refractivity contribution >= 4 is 200 Å². The lowest BCUT2D eigenvalue weighted by atomic mass is 10.3. The van der Waals surface area contributed by atoms with Crippen LogP contribution in [0.15, 0.2) is 0 Å². The molecule has 0 N–H and O–H groups in total. The van der Waals surface area contributed by atoms with Crippen molar-refractivity contribution in [1.82, 2.24) is 0 Å². The molecule has 0 saturated heterocycles. The summed E-state index contributed by atoms with van der Waals surface area (Å²) in [6, 6.07) is 0. The van der Waals surface area contributed by atoms with Gasteiger partial charge in [-0.05, 0) is 142 Å². The van der Waals surface area contributed by atoms with Crippen LogP contribution in [-0.4, -0.2) is 144 Å². The molecule has 0 bridgehead atoms. The van der Waals surface area contributed by atoms with Crippen molar-refractivity contribution in [3.63, 3.8) is 0 Å². The van der Waals surface area contributed by atoms with E-state index in [-0.39, 0.29) is 0 Å². The van der Waals surface area contributed by atoms with Crippen LogP contribution < -0.4 is 0 Å². The summed E-state index contributed by atoms with van der Waals surface area (Å²) < 4.78 is 79.1. The van der Waals surface area contributed by atoms with E-state index in [1.165, 1.54) is 39.3 Å². The summed E-state index contributed by atoms with van der Waals surface area (Å²) in [5.41, 5.74) is 0. The molecule has 0 aliphatic heterocycles. The molecule has 0 aromatic carbocycles. The Hall–Kier alpha value is 5.99. The average Bonchev–Trinajstić information content (AvgIpc) is 3.70. The lowest BCUT2D eigenvalue weighted by Gasteiger charge is -2.74. The van der Waals surface area contributed by atoms with Crippen LogP contribution >= 0.6 is 165 Å². The summed E-state index contributed by atoms with van der Waals surface area (Å²) >= 11 is 46.0. The van der Waals surface area contributed by atoms with Crippen molar-refractivity contribution in [2.75, 3.05) is 101 Å². The smallest absolute Gasteiger partial charge is 0.373 e. The van der Waals surface area contributed by atoms with E-state index in [0.29, 0.717) is 120 Å². The molecule has 4 unspecified atom stereocenters. The Morgan fingerprint density at radius 2 is 0.462 bits per heavy atom. The van der Waals surface area contributed by atoms with Crippen LogP contribution in [-0.2, 0) is 53.1 Å². The molecule has 1 fully saturated rings.